The second kappa shape index (κ2) is 5.34. The third kappa shape index (κ3) is 1.96. The minimum atomic E-state index is 0.247. The van der Waals surface area contributed by atoms with E-state index in [9.17, 15) is 4.79 Å². The van der Waals surface area contributed by atoms with Crippen LogP contribution in [0.3, 0.4) is 0 Å². The Morgan fingerprint density at radius 3 is 2.38 bits per heavy atom. The normalized spacial score (nSPS) is 57.0. The quantitative estimate of drug-likeness (QED) is 0.554. The lowest BCUT2D eigenvalue weighted by atomic mass is 9.38. The van der Waals surface area contributed by atoms with E-state index in [2.05, 4.69) is 27.7 Å². The Morgan fingerprint density at radius 1 is 0.917 bits per heavy atom. The number of Topliss-reactive ketones (excluding diaryl/α,β-unsaturated/α-hetero) is 1. The van der Waals surface area contributed by atoms with Gasteiger partial charge >= 0.3 is 0 Å². The molecule has 4 aliphatic carbocycles. The molecule has 0 aliphatic heterocycles. The standard InChI is InChI=1S/C23H38O/c1-15-14-23(5)18(16(2)24)11-13-22(23,4)19-10-9-17-8-6-7-12-21(17,3)20(15)19/h15,17-20H,6-14H2,1-5H3/t15-,17?,18+,19+,20?,21-,22+,23+/m0/s1. The zero-order valence-corrected chi connectivity index (χ0v) is 16.7. The molecule has 136 valence electrons. The number of carbonyl (C=O) groups excluding carboxylic acids is 1. The molecule has 0 amide bonds. The van der Waals surface area contributed by atoms with Gasteiger partial charge in [0.2, 0.25) is 0 Å². The average molecular weight is 331 g/mol. The molecule has 8 atom stereocenters. The van der Waals surface area contributed by atoms with E-state index in [0.717, 1.165) is 30.1 Å². The second-order valence-electron chi connectivity index (χ2n) is 10.9. The molecule has 0 N–H and O–H groups in total. The van der Waals surface area contributed by atoms with Crippen molar-refractivity contribution in [2.24, 2.45) is 45.8 Å². The summed E-state index contributed by atoms with van der Waals surface area (Å²) in [5.74, 6) is 4.31. The molecule has 4 rings (SSSR count). The predicted octanol–water partition coefficient (Wildman–Crippen LogP) is 6.26. The largest absolute Gasteiger partial charge is 0.300 e. The molecule has 0 bridgehead atoms. The van der Waals surface area contributed by atoms with Crippen LogP contribution in [0.1, 0.15) is 92.4 Å². The fraction of sp³-hybridized carbons (Fsp3) is 0.957. The summed E-state index contributed by atoms with van der Waals surface area (Å²) in [7, 11) is 0. The van der Waals surface area contributed by atoms with Crippen LogP contribution in [0, 0.1) is 45.8 Å². The number of hydrogen-bond donors (Lipinski definition) is 0. The molecular formula is C23H38O. The fourth-order valence-corrected chi connectivity index (χ4v) is 9.00. The lowest BCUT2D eigenvalue weighted by Crippen LogP contribution is -2.60. The van der Waals surface area contributed by atoms with Crippen molar-refractivity contribution >= 4 is 5.78 Å². The molecule has 0 spiro atoms. The molecule has 0 heterocycles. The molecule has 2 unspecified atom stereocenters. The van der Waals surface area contributed by atoms with Crippen LogP contribution in [0.15, 0.2) is 0 Å². The lowest BCUT2D eigenvalue weighted by molar-refractivity contribution is -0.179. The Labute approximate surface area is 149 Å². The van der Waals surface area contributed by atoms with Crippen LogP contribution in [-0.2, 0) is 4.79 Å². The van der Waals surface area contributed by atoms with Crippen molar-refractivity contribution in [2.75, 3.05) is 0 Å². The number of ketones is 1. The molecular weight excluding hydrogens is 292 g/mol. The molecule has 1 nitrogen and oxygen atoms in total. The van der Waals surface area contributed by atoms with Crippen LogP contribution in [-0.4, -0.2) is 5.78 Å². The van der Waals surface area contributed by atoms with Crippen LogP contribution >= 0.6 is 0 Å². The number of rotatable bonds is 1. The van der Waals surface area contributed by atoms with Crippen LogP contribution in [0.2, 0.25) is 0 Å². The number of hydrogen-bond acceptors (Lipinski definition) is 1. The van der Waals surface area contributed by atoms with Gasteiger partial charge in [-0.05, 0) is 91.8 Å². The van der Waals surface area contributed by atoms with E-state index in [-0.39, 0.29) is 5.41 Å². The summed E-state index contributed by atoms with van der Waals surface area (Å²) in [4.78, 5) is 12.4. The molecule has 4 fully saturated rings. The van der Waals surface area contributed by atoms with E-state index < -0.39 is 0 Å². The summed E-state index contributed by atoms with van der Waals surface area (Å²) in [6.45, 7) is 12.1. The molecule has 4 aliphatic rings. The van der Waals surface area contributed by atoms with Crippen molar-refractivity contribution in [1.29, 1.82) is 0 Å². The Bertz CT molecular complexity index is 538. The fourth-order valence-electron chi connectivity index (χ4n) is 9.00. The third-order valence-corrected chi connectivity index (χ3v) is 10.2. The van der Waals surface area contributed by atoms with Crippen molar-refractivity contribution in [2.45, 2.75) is 92.4 Å². The second-order valence-corrected chi connectivity index (χ2v) is 10.9. The first-order valence-electron chi connectivity index (χ1n) is 10.7. The van der Waals surface area contributed by atoms with Gasteiger partial charge in [-0.15, -0.1) is 0 Å². The van der Waals surface area contributed by atoms with E-state index in [0.29, 0.717) is 22.5 Å². The predicted molar refractivity (Wildman–Crippen MR) is 99.7 cm³/mol. The molecule has 0 radical (unpaired) electrons. The van der Waals surface area contributed by atoms with E-state index in [1.807, 2.05) is 6.92 Å². The Hall–Kier alpha value is -0.330. The van der Waals surface area contributed by atoms with Gasteiger partial charge in [0.05, 0.1) is 0 Å². The maximum absolute atomic E-state index is 12.4. The number of fused-ring (bicyclic) bond motifs is 5. The lowest BCUT2D eigenvalue weighted by Gasteiger charge is -2.66. The molecule has 24 heavy (non-hydrogen) atoms. The van der Waals surface area contributed by atoms with E-state index >= 15 is 0 Å². The Morgan fingerprint density at radius 2 is 1.67 bits per heavy atom. The van der Waals surface area contributed by atoms with E-state index in [1.165, 1.54) is 51.4 Å². The van der Waals surface area contributed by atoms with Gasteiger partial charge in [0.25, 0.3) is 0 Å². The minimum absolute atomic E-state index is 0.247. The zero-order chi connectivity index (χ0) is 17.3. The van der Waals surface area contributed by atoms with Gasteiger partial charge in [-0.1, -0.05) is 40.5 Å². The summed E-state index contributed by atoms with van der Waals surface area (Å²) in [6, 6.07) is 0. The Kier molecular flexibility index (Phi) is 3.80. The van der Waals surface area contributed by atoms with E-state index in [4.69, 9.17) is 0 Å². The highest BCUT2D eigenvalue weighted by atomic mass is 16.1. The maximum atomic E-state index is 12.4. The van der Waals surface area contributed by atoms with Crippen molar-refractivity contribution in [3.05, 3.63) is 0 Å². The van der Waals surface area contributed by atoms with Gasteiger partial charge in [0.15, 0.2) is 0 Å². The highest BCUT2D eigenvalue weighted by molar-refractivity contribution is 5.79. The topological polar surface area (TPSA) is 17.1 Å². The van der Waals surface area contributed by atoms with Crippen LogP contribution in [0.4, 0.5) is 0 Å². The third-order valence-electron chi connectivity index (χ3n) is 10.2. The van der Waals surface area contributed by atoms with Gasteiger partial charge in [-0.25, -0.2) is 0 Å². The van der Waals surface area contributed by atoms with Crippen LogP contribution in [0.25, 0.3) is 0 Å². The zero-order valence-electron chi connectivity index (χ0n) is 16.7. The van der Waals surface area contributed by atoms with Crippen molar-refractivity contribution < 1.29 is 4.79 Å². The summed E-state index contributed by atoms with van der Waals surface area (Å²) in [6.07, 6.45) is 12.5. The van der Waals surface area contributed by atoms with Gasteiger partial charge < -0.3 is 0 Å². The molecule has 0 aromatic heterocycles. The van der Waals surface area contributed by atoms with Crippen molar-refractivity contribution in [1.82, 2.24) is 0 Å². The molecule has 0 aromatic rings. The van der Waals surface area contributed by atoms with Crippen LogP contribution < -0.4 is 0 Å². The van der Waals surface area contributed by atoms with Crippen molar-refractivity contribution in [3.63, 3.8) is 0 Å². The summed E-state index contributed by atoms with van der Waals surface area (Å²) in [5.41, 5.74) is 1.22. The van der Waals surface area contributed by atoms with E-state index in [1.54, 1.807) is 0 Å². The first-order chi connectivity index (χ1) is 11.2. The monoisotopic (exact) mass is 330 g/mol. The van der Waals surface area contributed by atoms with Gasteiger partial charge in [0.1, 0.15) is 5.78 Å². The first-order valence-corrected chi connectivity index (χ1v) is 10.7. The Balaban J connectivity index is 1.75. The summed E-state index contributed by atoms with van der Waals surface area (Å²) in [5, 5.41) is 0. The smallest absolute Gasteiger partial charge is 0.133 e. The summed E-state index contributed by atoms with van der Waals surface area (Å²) >= 11 is 0. The van der Waals surface area contributed by atoms with Crippen molar-refractivity contribution in [3.8, 4) is 0 Å². The average Bonchev–Trinajstić information content (AvgIpc) is 2.78. The highest BCUT2D eigenvalue weighted by Gasteiger charge is 2.67. The molecule has 0 aromatic carbocycles. The highest BCUT2D eigenvalue weighted by Crippen LogP contribution is 2.73. The minimum Gasteiger partial charge on any atom is -0.300 e. The molecule has 0 saturated heterocycles. The van der Waals surface area contributed by atoms with Crippen LogP contribution in [0.5, 0.6) is 0 Å². The van der Waals surface area contributed by atoms with Gasteiger partial charge in [-0.3, -0.25) is 4.79 Å². The maximum Gasteiger partial charge on any atom is 0.133 e. The van der Waals surface area contributed by atoms with Gasteiger partial charge in [0, 0.05) is 5.92 Å². The SMILES string of the molecule is CC(=O)[C@H]1CC[C@]2(C)[C@@H]3CCC4CCCC[C@]4(C)C3[C@@H](C)C[C@]12C. The number of carbonyl (C=O) groups is 1. The van der Waals surface area contributed by atoms with Gasteiger partial charge in [-0.2, -0.15) is 0 Å². The first kappa shape index (κ1) is 17.1. The molecule has 4 saturated carbocycles. The molecule has 1 heteroatoms. The summed E-state index contributed by atoms with van der Waals surface area (Å²) < 4.78 is 0.